The minimum Gasteiger partial charge on any atom is -0.435 e. The smallest absolute Gasteiger partial charge is 0.387 e. The maximum Gasteiger partial charge on any atom is 0.387 e. The zero-order valence-electron chi connectivity index (χ0n) is 7.70. The minimum atomic E-state index is -3.11. The van der Waals surface area contributed by atoms with Crippen LogP contribution in [0.15, 0.2) is 18.2 Å². The molecular formula is C10H10F4O3. The number of hydrogen-bond donors (Lipinski definition) is 0. The van der Waals surface area contributed by atoms with Crippen LogP contribution in [0.2, 0.25) is 0 Å². The molecule has 0 aromatic heterocycles. The number of hydrogen-bond acceptors (Lipinski definition) is 3. The summed E-state index contributed by atoms with van der Waals surface area (Å²) in [6.07, 6.45) is 0.302. The van der Waals surface area contributed by atoms with E-state index < -0.39 is 24.7 Å². The van der Waals surface area contributed by atoms with E-state index in [1.807, 2.05) is 0 Å². The quantitative estimate of drug-likeness (QED) is 0.597. The highest BCUT2D eigenvalue weighted by Gasteiger charge is 2.10. The van der Waals surface area contributed by atoms with Gasteiger partial charge in [-0.1, -0.05) is 7.43 Å². The predicted octanol–water partition coefficient (Wildman–Crippen LogP) is 3.34. The van der Waals surface area contributed by atoms with E-state index >= 15 is 0 Å². The third-order valence-corrected chi connectivity index (χ3v) is 1.49. The van der Waals surface area contributed by atoms with Gasteiger partial charge in [0.15, 0.2) is 0 Å². The number of halogens is 4. The highest BCUT2D eigenvalue weighted by molar-refractivity contribution is 5.76. The summed E-state index contributed by atoms with van der Waals surface area (Å²) >= 11 is 0. The highest BCUT2D eigenvalue weighted by Crippen LogP contribution is 2.24. The normalized spacial score (nSPS) is 10.0. The maximum absolute atomic E-state index is 11.9. The highest BCUT2D eigenvalue weighted by atomic mass is 19.3. The van der Waals surface area contributed by atoms with Gasteiger partial charge in [-0.15, -0.1) is 0 Å². The second kappa shape index (κ2) is 6.72. The molecule has 0 spiro atoms. The van der Waals surface area contributed by atoms with Crippen molar-refractivity contribution < 1.29 is 31.8 Å². The Morgan fingerprint density at radius 2 is 1.35 bits per heavy atom. The fourth-order valence-corrected chi connectivity index (χ4v) is 1.00. The van der Waals surface area contributed by atoms with Crippen molar-refractivity contribution in [1.29, 1.82) is 0 Å². The molecule has 0 fully saturated rings. The third kappa shape index (κ3) is 5.19. The van der Waals surface area contributed by atoms with Gasteiger partial charge in [0.25, 0.3) is 0 Å². The van der Waals surface area contributed by atoms with Gasteiger partial charge in [0, 0.05) is 11.6 Å². The lowest BCUT2D eigenvalue weighted by Crippen LogP contribution is -2.05. The van der Waals surface area contributed by atoms with E-state index in [4.69, 9.17) is 0 Å². The number of alkyl halides is 4. The van der Waals surface area contributed by atoms with Crippen LogP contribution in [-0.2, 0) is 0 Å². The first-order valence-electron chi connectivity index (χ1n) is 4.01. The lowest BCUT2D eigenvalue weighted by Gasteiger charge is -2.09. The molecule has 0 aliphatic heterocycles. The van der Waals surface area contributed by atoms with Crippen molar-refractivity contribution in [3.8, 4) is 11.5 Å². The van der Waals surface area contributed by atoms with Crippen molar-refractivity contribution in [2.24, 2.45) is 0 Å². The Kier molecular flexibility index (Phi) is 6.01. The zero-order valence-corrected chi connectivity index (χ0v) is 7.70. The Balaban J connectivity index is 0.00000256. The van der Waals surface area contributed by atoms with Crippen LogP contribution in [0.25, 0.3) is 0 Å². The predicted molar refractivity (Wildman–Crippen MR) is 51.8 cm³/mol. The monoisotopic (exact) mass is 254 g/mol. The second-order valence-corrected chi connectivity index (χ2v) is 2.61. The van der Waals surface area contributed by atoms with Gasteiger partial charge < -0.3 is 9.47 Å². The number of ether oxygens (including phenoxy) is 2. The average molecular weight is 254 g/mol. The lowest BCUT2D eigenvalue weighted by atomic mass is 10.2. The van der Waals surface area contributed by atoms with E-state index in [9.17, 15) is 22.4 Å². The molecule has 7 heteroatoms. The van der Waals surface area contributed by atoms with Gasteiger partial charge in [-0.05, 0) is 12.1 Å². The largest absolute Gasteiger partial charge is 0.435 e. The zero-order chi connectivity index (χ0) is 12.1. The van der Waals surface area contributed by atoms with Gasteiger partial charge in [-0.25, -0.2) is 0 Å². The Labute approximate surface area is 94.9 Å². The van der Waals surface area contributed by atoms with Gasteiger partial charge in [0.05, 0.1) is 0 Å². The maximum atomic E-state index is 11.9. The SMILES string of the molecule is C.O=Cc1cc(OC(F)F)cc(OC(F)F)c1. The van der Waals surface area contributed by atoms with Gasteiger partial charge >= 0.3 is 13.2 Å². The summed E-state index contributed by atoms with van der Waals surface area (Å²) in [5, 5.41) is 0. The van der Waals surface area contributed by atoms with Crippen molar-refractivity contribution in [1.82, 2.24) is 0 Å². The molecule has 0 heterocycles. The molecule has 1 aromatic rings. The Morgan fingerprint density at radius 1 is 0.941 bits per heavy atom. The molecule has 0 aliphatic carbocycles. The van der Waals surface area contributed by atoms with Crippen molar-refractivity contribution in [2.45, 2.75) is 20.6 Å². The standard InChI is InChI=1S/C9H6F4O3.CH4/c10-8(11)15-6-1-5(4-14)2-7(3-6)16-9(12)13;/h1-4,8-9H;1H4. The first-order chi connectivity index (χ1) is 7.51. The van der Waals surface area contributed by atoms with Crippen LogP contribution >= 0.6 is 0 Å². The van der Waals surface area contributed by atoms with E-state index in [0.717, 1.165) is 18.2 Å². The molecule has 0 aliphatic rings. The summed E-state index contributed by atoms with van der Waals surface area (Å²) in [6, 6.07) is 2.81. The average Bonchev–Trinajstić information content (AvgIpc) is 2.14. The first-order valence-corrected chi connectivity index (χ1v) is 4.01. The van der Waals surface area contributed by atoms with Crippen LogP contribution in [0, 0.1) is 0 Å². The molecule has 0 radical (unpaired) electrons. The molecular weight excluding hydrogens is 244 g/mol. The molecule has 1 rings (SSSR count). The van der Waals surface area contributed by atoms with Gasteiger partial charge in [0.1, 0.15) is 17.8 Å². The fraction of sp³-hybridized carbons (Fsp3) is 0.300. The minimum absolute atomic E-state index is 0. The molecule has 0 unspecified atom stereocenters. The van der Waals surface area contributed by atoms with Gasteiger partial charge in [-0.2, -0.15) is 17.6 Å². The fourth-order valence-electron chi connectivity index (χ4n) is 1.00. The first kappa shape index (κ1) is 15.2. The van der Waals surface area contributed by atoms with E-state index in [1.54, 1.807) is 0 Å². The number of carbonyl (C=O) groups excluding carboxylic acids is 1. The molecule has 17 heavy (non-hydrogen) atoms. The molecule has 0 saturated carbocycles. The van der Waals surface area contributed by atoms with Crippen LogP contribution in [0.4, 0.5) is 17.6 Å². The van der Waals surface area contributed by atoms with Crippen LogP contribution in [0.5, 0.6) is 11.5 Å². The van der Waals surface area contributed by atoms with Gasteiger partial charge in [-0.3, -0.25) is 4.79 Å². The topological polar surface area (TPSA) is 35.5 Å². The van der Waals surface area contributed by atoms with Crippen molar-refractivity contribution >= 4 is 6.29 Å². The van der Waals surface area contributed by atoms with Crippen LogP contribution in [0.3, 0.4) is 0 Å². The number of benzene rings is 1. The summed E-state index contributed by atoms with van der Waals surface area (Å²) < 4.78 is 55.3. The van der Waals surface area contributed by atoms with E-state index in [1.165, 1.54) is 0 Å². The second-order valence-electron chi connectivity index (χ2n) is 2.61. The Morgan fingerprint density at radius 3 is 1.65 bits per heavy atom. The van der Waals surface area contributed by atoms with Crippen molar-refractivity contribution in [3.05, 3.63) is 23.8 Å². The molecule has 96 valence electrons. The van der Waals surface area contributed by atoms with Gasteiger partial charge in [0.2, 0.25) is 0 Å². The summed E-state index contributed by atoms with van der Waals surface area (Å²) in [4.78, 5) is 10.4. The molecule has 0 bridgehead atoms. The Hall–Kier alpha value is -1.79. The summed E-state index contributed by atoms with van der Waals surface area (Å²) in [5.74, 6) is -0.842. The third-order valence-electron chi connectivity index (χ3n) is 1.49. The van der Waals surface area contributed by atoms with Crippen molar-refractivity contribution in [2.75, 3.05) is 0 Å². The molecule has 0 saturated heterocycles. The van der Waals surface area contributed by atoms with E-state index in [0.29, 0.717) is 6.29 Å². The summed E-state index contributed by atoms with van der Waals surface area (Å²) in [5.41, 5.74) is -0.103. The van der Waals surface area contributed by atoms with E-state index in [-0.39, 0.29) is 13.0 Å². The molecule has 1 aromatic carbocycles. The number of carbonyl (C=O) groups is 1. The molecule has 0 atom stereocenters. The summed E-state index contributed by atoms with van der Waals surface area (Å²) in [6.45, 7) is -6.22. The summed E-state index contributed by atoms with van der Waals surface area (Å²) in [7, 11) is 0. The molecule has 3 nitrogen and oxygen atoms in total. The van der Waals surface area contributed by atoms with Crippen LogP contribution < -0.4 is 9.47 Å². The lowest BCUT2D eigenvalue weighted by molar-refractivity contribution is -0.0543. The van der Waals surface area contributed by atoms with E-state index in [2.05, 4.69) is 9.47 Å². The van der Waals surface area contributed by atoms with Crippen LogP contribution in [0.1, 0.15) is 17.8 Å². The Bertz CT molecular complexity index is 340. The molecule has 0 N–H and O–H groups in total. The van der Waals surface area contributed by atoms with Crippen LogP contribution in [-0.4, -0.2) is 19.5 Å². The number of rotatable bonds is 5. The van der Waals surface area contributed by atoms with Crippen molar-refractivity contribution in [3.63, 3.8) is 0 Å². The number of aldehydes is 1. The molecule has 0 amide bonds.